The summed E-state index contributed by atoms with van der Waals surface area (Å²) in [5.41, 5.74) is 0.444. The second kappa shape index (κ2) is 5.49. The zero-order chi connectivity index (χ0) is 12.1. The van der Waals surface area contributed by atoms with Crippen LogP contribution in [0.4, 0.5) is 5.82 Å². The van der Waals surface area contributed by atoms with Gasteiger partial charge in [-0.2, -0.15) is 0 Å². The van der Waals surface area contributed by atoms with Crippen LogP contribution in [0.1, 0.15) is 31.3 Å². The molecule has 1 aromatic rings. The van der Waals surface area contributed by atoms with Crippen molar-refractivity contribution in [2.45, 2.75) is 26.8 Å². The van der Waals surface area contributed by atoms with E-state index in [1.165, 1.54) is 0 Å². The first kappa shape index (κ1) is 12.5. The molecule has 1 heterocycles. The molecule has 0 saturated heterocycles. The number of hydrogen-bond acceptors (Lipinski definition) is 3. The molecule has 0 aromatic carbocycles. The summed E-state index contributed by atoms with van der Waals surface area (Å²) in [6, 6.07) is 5.49. The smallest absolute Gasteiger partial charge is 0.270 e. The average Bonchev–Trinajstić information content (AvgIpc) is 2.28. The van der Waals surface area contributed by atoms with Crippen LogP contribution in [0.2, 0.25) is 0 Å². The van der Waals surface area contributed by atoms with Gasteiger partial charge in [-0.25, -0.2) is 4.98 Å². The highest BCUT2D eigenvalue weighted by Gasteiger charge is 2.13. The third-order valence-electron chi connectivity index (χ3n) is 2.60. The molecule has 0 fully saturated rings. The Kier molecular flexibility index (Phi) is 4.28. The Morgan fingerprint density at radius 2 is 2.00 bits per heavy atom. The molecular weight excluding hydrogens is 202 g/mol. The fourth-order valence-electron chi connectivity index (χ4n) is 1.15. The van der Waals surface area contributed by atoms with Crippen molar-refractivity contribution in [1.82, 2.24) is 10.3 Å². The number of nitrogens with one attached hydrogen (secondary N) is 2. The molecule has 88 valence electrons. The van der Waals surface area contributed by atoms with Gasteiger partial charge in [0.15, 0.2) is 0 Å². The highest BCUT2D eigenvalue weighted by molar-refractivity contribution is 5.92. The summed E-state index contributed by atoms with van der Waals surface area (Å²) < 4.78 is 0. The first-order valence-corrected chi connectivity index (χ1v) is 5.50. The zero-order valence-corrected chi connectivity index (χ0v) is 10.2. The van der Waals surface area contributed by atoms with Crippen LogP contribution < -0.4 is 10.6 Å². The van der Waals surface area contributed by atoms with Crippen LogP contribution in [0.15, 0.2) is 18.2 Å². The molecule has 4 heteroatoms. The van der Waals surface area contributed by atoms with Crippen LogP contribution in [0, 0.1) is 5.92 Å². The van der Waals surface area contributed by atoms with Gasteiger partial charge < -0.3 is 10.6 Å². The molecule has 0 bridgehead atoms. The lowest BCUT2D eigenvalue weighted by Crippen LogP contribution is -2.36. The molecule has 4 nitrogen and oxygen atoms in total. The zero-order valence-electron chi connectivity index (χ0n) is 10.2. The van der Waals surface area contributed by atoms with E-state index in [2.05, 4.69) is 29.5 Å². The van der Waals surface area contributed by atoms with Gasteiger partial charge in [0, 0.05) is 13.1 Å². The first-order valence-electron chi connectivity index (χ1n) is 5.50. The molecule has 0 saturated carbocycles. The Bertz CT molecular complexity index is 363. The molecule has 1 unspecified atom stereocenters. The molecule has 1 rings (SSSR count). The third kappa shape index (κ3) is 3.22. The van der Waals surface area contributed by atoms with E-state index in [1.807, 2.05) is 19.1 Å². The lowest BCUT2D eigenvalue weighted by Gasteiger charge is -2.17. The summed E-state index contributed by atoms with van der Waals surface area (Å²) in [4.78, 5) is 16.0. The van der Waals surface area contributed by atoms with E-state index in [1.54, 1.807) is 13.1 Å². The SMILES string of the molecule is CNc1cccc(C(=O)NC(C)C(C)C)n1. The van der Waals surface area contributed by atoms with Gasteiger partial charge in [-0.15, -0.1) is 0 Å². The van der Waals surface area contributed by atoms with Gasteiger partial charge in [0.25, 0.3) is 5.91 Å². The van der Waals surface area contributed by atoms with E-state index in [0.29, 0.717) is 17.4 Å². The minimum Gasteiger partial charge on any atom is -0.373 e. The van der Waals surface area contributed by atoms with Crippen LogP contribution in [0.25, 0.3) is 0 Å². The van der Waals surface area contributed by atoms with Gasteiger partial charge in [-0.3, -0.25) is 4.79 Å². The van der Waals surface area contributed by atoms with Gasteiger partial charge >= 0.3 is 0 Å². The van der Waals surface area contributed by atoms with Gasteiger partial charge in [0.1, 0.15) is 11.5 Å². The molecule has 2 N–H and O–H groups in total. The lowest BCUT2D eigenvalue weighted by atomic mass is 10.1. The molecular formula is C12H19N3O. The molecule has 1 aromatic heterocycles. The molecule has 0 aliphatic carbocycles. The fourth-order valence-corrected chi connectivity index (χ4v) is 1.15. The minimum absolute atomic E-state index is 0.127. The number of nitrogens with zero attached hydrogens (tertiary/aromatic N) is 1. The Hall–Kier alpha value is -1.58. The van der Waals surface area contributed by atoms with Gasteiger partial charge in [0.05, 0.1) is 0 Å². The molecule has 1 amide bonds. The van der Waals surface area contributed by atoms with Crippen molar-refractivity contribution in [2.24, 2.45) is 5.92 Å². The van der Waals surface area contributed by atoms with E-state index in [-0.39, 0.29) is 11.9 Å². The van der Waals surface area contributed by atoms with Crippen LogP contribution >= 0.6 is 0 Å². The maximum absolute atomic E-state index is 11.8. The maximum Gasteiger partial charge on any atom is 0.270 e. The molecule has 1 atom stereocenters. The number of hydrogen-bond donors (Lipinski definition) is 2. The lowest BCUT2D eigenvalue weighted by molar-refractivity contribution is 0.0925. The van der Waals surface area contributed by atoms with Crippen LogP contribution in [-0.2, 0) is 0 Å². The first-order chi connectivity index (χ1) is 7.54. The molecule has 0 spiro atoms. The van der Waals surface area contributed by atoms with Crippen molar-refractivity contribution in [3.63, 3.8) is 0 Å². The molecule has 0 aliphatic heterocycles. The molecule has 0 aliphatic rings. The van der Waals surface area contributed by atoms with Gasteiger partial charge in [-0.05, 0) is 25.0 Å². The summed E-state index contributed by atoms with van der Waals surface area (Å²) in [6.45, 7) is 6.13. The van der Waals surface area contributed by atoms with Crippen molar-refractivity contribution < 1.29 is 4.79 Å². The molecule has 0 radical (unpaired) electrons. The second-order valence-corrected chi connectivity index (χ2v) is 4.16. The number of pyridine rings is 1. The maximum atomic E-state index is 11.8. The van der Waals surface area contributed by atoms with E-state index < -0.39 is 0 Å². The predicted molar refractivity (Wildman–Crippen MR) is 65.5 cm³/mol. The predicted octanol–water partition coefficient (Wildman–Crippen LogP) is 1.90. The van der Waals surface area contributed by atoms with Crippen molar-refractivity contribution in [1.29, 1.82) is 0 Å². The van der Waals surface area contributed by atoms with E-state index in [0.717, 1.165) is 0 Å². The Labute approximate surface area is 96.5 Å². The van der Waals surface area contributed by atoms with Gasteiger partial charge in [0.2, 0.25) is 0 Å². The standard InChI is InChI=1S/C12H19N3O/c1-8(2)9(3)14-12(16)10-6-5-7-11(13-4)15-10/h5-9H,1-4H3,(H,13,15)(H,14,16). The quantitative estimate of drug-likeness (QED) is 0.816. The fraction of sp³-hybridized carbons (Fsp3) is 0.500. The van der Waals surface area contributed by atoms with E-state index >= 15 is 0 Å². The van der Waals surface area contributed by atoms with Crippen LogP contribution in [-0.4, -0.2) is 24.0 Å². The largest absolute Gasteiger partial charge is 0.373 e. The monoisotopic (exact) mass is 221 g/mol. The number of carbonyl (C=O) groups is 1. The Balaban J connectivity index is 2.72. The number of amides is 1. The minimum atomic E-state index is -0.127. The summed E-state index contributed by atoms with van der Waals surface area (Å²) in [5, 5.41) is 5.82. The van der Waals surface area contributed by atoms with Crippen molar-refractivity contribution in [2.75, 3.05) is 12.4 Å². The number of carbonyl (C=O) groups excluding carboxylic acids is 1. The highest BCUT2D eigenvalue weighted by atomic mass is 16.1. The third-order valence-corrected chi connectivity index (χ3v) is 2.60. The van der Waals surface area contributed by atoms with Crippen molar-refractivity contribution >= 4 is 11.7 Å². The summed E-state index contributed by atoms with van der Waals surface area (Å²) in [7, 11) is 1.78. The Morgan fingerprint density at radius 1 is 1.31 bits per heavy atom. The average molecular weight is 221 g/mol. The normalized spacial score (nSPS) is 12.3. The van der Waals surface area contributed by atoms with Crippen molar-refractivity contribution in [3.8, 4) is 0 Å². The highest BCUT2D eigenvalue weighted by Crippen LogP contribution is 2.05. The number of anilines is 1. The van der Waals surface area contributed by atoms with E-state index in [9.17, 15) is 4.79 Å². The second-order valence-electron chi connectivity index (χ2n) is 4.16. The van der Waals surface area contributed by atoms with Crippen LogP contribution in [0.3, 0.4) is 0 Å². The number of aromatic nitrogens is 1. The summed E-state index contributed by atoms with van der Waals surface area (Å²) >= 11 is 0. The number of rotatable bonds is 4. The summed E-state index contributed by atoms with van der Waals surface area (Å²) in [5.74, 6) is 0.986. The van der Waals surface area contributed by atoms with Gasteiger partial charge in [-0.1, -0.05) is 19.9 Å². The summed E-state index contributed by atoms with van der Waals surface area (Å²) in [6.07, 6.45) is 0. The topological polar surface area (TPSA) is 54.0 Å². The molecule has 16 heavy (non-hydrogen) atoms. The Morgan fingerprint density at radius 3 is 2.56 bits per heavy atom. The van der Waals surface area contributed by atoms with Crippen LogP contribution in [0.5, 0.6) is 0 Å². The van der Waals surface area contributed by atoms with Crippen molar-refractivity contribution in [3.05, 3.63) is 23.9 Å². The van der Waals surface area contributed by atoms with E-state index in [4.69, 9.17) is 0 Å².